The monoisotopic (exact) mass is 749 g/mol. The van der Waals surface area contributed by atoms with Crippen LogP contribution < -0.4 is 38.1 Å². The lowest BCUT2D eigenvalue weighted by Gasteiger charge is -2.29. The molecule has 19 nitrogen and oxygen atoms in total. The van der Waals surface area contributed by atoms with Crippen LogP contribution in [0.1, 0.15) is 71.8 Å². The molecule has 0 saturated carbocycles. The molecule has 0 bridgehead atoms. The first-order valence-electron chi connectivity index (χ1n) is 17.0. The van der Waals surface area contributed by atoms with Crippen molar-refractivity contribution in [2.45, 2.75) is 109 Å². The van der Waals surface area contributed by atoms with Gasteiger partial charge in [0, 0.05) is 19.3 Å². The number of benzene rings is 1. The number of carboxylic acid groups (broad SMARTS) is 3. The van der Waals surface area contributed by atoms with Gasteiger partial charge in [-0.05, 0) is 30.2 Å². The molecule has 0 spiro atoms. The van der Waals surface area contributed by atoms with E-state index in [1.165, 1.54) is 0 Å². The number of nitrogens with two attached hydrogens (primary N) is 2. The van der Waals surface area contributed by atoms with Crippen LogP contribution in [0.4, 0.5) is 0 Å². The highest BCUT2D eigenvalue weighted by Gasteiger charge is 2.35. The predicted octanol–water partition coefficient (Wildman–Crippen LogP) is -1.63. The molecule has 1 aromatic carbocycles. The number of carboxylic acids is 3. The van der Waals surface area contributed by atoms with E-state index >= 15 is 0 Å². The topological polar surface area (TPSA) is 327 Å². The lowest BCUT2D eigenvalue weighted by Crippen LogP contribution is -2.61. The third kappa shape index (κ3) is 16.5. The maximum Gasteiger partial charge on any atom is 0.326 e. The van der Waals surface area contributed by atoms with Gasteiger partial charge in [-0.1, -0.05) is 64.4 Å². The van der Waals surface area contributed by atoms with Crippen LogP contribution in [0.25, 0.3) is 0 Å². The van der Waals surface area contributed by atoms with E-state index in [9.17, 15) is 53.4 Å². The van der Waals surface area contributed by atoms with Gasteiger partial charge in [0.15, 0.2) is 0 Å². The molecule has 7 atom stereocenters. The van der Waals surface area contributed by atoms with E-state index in [1.54, 1.807) is 58.0 Å². The number of carbonyl (C=O) groups is 9. The molecule has 0 aliphatic carbocycles. The van der Waals surface area contributed by atoms with Gasteiger partial charge in [0.2, 0.25) is 35.4 Å². The van der Waals surface area contributed by atoms with Crippen LogP contribution in [0.2, 0.25) is 0 Å². The quantitative estimate of drug-likeness (QED) is 0.0568. The van der Waals surface area contributed by atoms with E-state index in [1.807, 2.05) is 0 Å². The number of hydrogen-bond donors (Lipinski definition) is 10. The van der Waals surface area contributed by atoms with Gasteiger partial charge in [-0.15, -0.1) is 0 Å². The Hall–Kier alpha value is -5.59. The lowest BCUT2D eigenvalue weighted by atomic mass is 9.96. The van der Waals surface area contributed by atoms with Crippen LogP contribution >= 0.6 is 0 Å². The smallest absolute Gasteiger partial charge is 0.326 e. The van der Waals surface area contributed by atoms with Crippen molar-refractivity contribution in [2.24, 2.45) is 23.3 Å². The molecular weight excluding hydrogens is 698 g/mol. The molecule has 53 heavy (non-hydrogen) atoms. The van der Waals surface area contributed by atoms with E-state index in [-0.39, 0.29) is 12.8 Å². The average Bonchev–Trinajstić information content (AvgIpc) is 3.08. The summed E-state index contributed by atoms with van der Waals surface area (Å²) in [7, 11) is 0. The van der Waals surface area contributed by atoms with E-state index in [0.717, 1.165) is 0 Å². The van der Waals surface area contributed by atoms with Gasteiger partial charge >= 0.3 is 17.9 Å². The highest BCUT2D eigenvalue weighted by atomic mass is 16.4. The molecule has 0 radical (unpaired) electrons. The van der Waals surface area contributed by atoms with Crippen LogP contribution in [-0.4, -0.2) is 105 Å². The highest BCUT2D eigenvalue weighted by Crippen LogP contribution is 2.12. The Morgan fingerprint density at radius 1 is 0.642 bits per heavy atom. The minimum Gasteiger partial charge on any atom is -0.481 e. The number of primary amides is 1. The van der Waals surface area contributed by atoms with Gasteiger partial charge in [-0.3, -0.25) is 38.4 Å². The molecule has 0 unspecified atom stereocenters. The van der Waals surface area contributed by atoms with Crippen molar-refractivity contribution in [1.29, 1.82) is 0 Å². The number of nitrogens with one attached hydrogen (secondary N) is 5. The Kier molecular flexibility index (Phi) is 19.2. The van der Waals surface area contributed by atoms with Gasteiger partial charge in [-0.2, -0.15) is 0 Å². The molecule has 6 amide bonds. The van der Waals surface area contributed by atoms with Crippen LogP contribution in [0.5, 0.6) is 0 Å². The maximum atomic E-state index is 13.6. The largest absolute Gasteiger partial charge is 0.481 e. The van der Waals surface area contributed by atoms with Gasteiger partial charge in [0.1, 0.15) is 30.2 Å². The normalized spacial score (nSPS) is 14.9. The second-order valence-corrected chi connectivity index (χ2v) is 13.0. The first-order valence-corrected chi connectivity index (χ1v) is 17.0. The van der Waals surface area contributed by atoms with Crippen LogP contribution in [0, 0.1) is 11.8 Å². The summed E-state index contributed by atoms with van der Waals surface area (Å²) in [5, 5.41) is 39.7. The molecule has 294 valence electrons. The van der Waals surface area contributed by atoms with E-state index in [0.29, 0.717) is 12.0 Å². The fourth-order valence-electron chi connectivity index (χ4n) is 4.95. The zero-order valence-corrected chi connectivity index (χ0v) is 30.1. The summed E-state index contributed by atoms with van der Waals surface area (Å²) < 4.78 is 0. The lowest BCUT2D eigenvalue weighted by molar-refractivity contribution is -0.144. The van der Waals surface area contributed by atoms with Crippen molar-refractivity contribution in [1.82, 2.24) is 26.6 Å². The Balaban J connectivity index is 3.36. The van der Waals surface area contributed by atoms with Gasteiger partial charge in [0.25, 0.3) is 0 Å². The van der Waals surface area contributed by atoms with Gasteiger partial charge in [0.05, 0.1) is 12.5 Å². The van der Waals surface area contributed by atoms with Crippen molar-refractivity contribution in [3.05, 3.63) is 35.9 Å². The minimum atomic E-state index is -1.74. The van der Waals surface area contributed by atoms with Gasteiger partial charge in [-0.25, -0.2) is 4.79 Å². The van der Waals surface area contributed by atoms with Crippen LogP contribution in [-0.2, 0) is 49.6 Å². The summed E-state index contributed by atoms with van der Waals surface area (Å²) in [6.07, 6.45) is -2.37. The third-order valence-corrected chi connectivity index (χ3v) is 8.26. The molecule has 0 aromatic heterocycles. The average molecular weight is 750 g/mol. The molecule has 1 rings (SSSR count). The summed E-state index contributed by atoms with van der Waals surface area (Å²) in [5.74, 6) is -10.8. The number of carbonyl (C=O) groups excluding carboxylic acids is 6. The van der Waals surface area contributed by atoms with Gasteiger partial charge < -0.3 is 53.4 Å². The summed E-state index contributed by atoms with van der Waals surface area (Å²) in [6, 6.07) is -0.334. The SMILES string of the molecule is CC[C@H](C)[C@H](NC(=O)[C@H](CCC(=O)O)NC(=O)[C@H](CC(N)=O)NC(=O)[C@H](Cc1ccccc1)NC(=O)[C@@H](N)CCC(=O)O)C(=O)N[C@H](C(=O)O)C(C)C. The standard InChI is InChI=1S/C34H51N7O12/c1-5-18(4)28(33(51)40-27(17(2)3)34(52)53)41-30(48)21(12-14-26(45)46)37-32(50)23(16-24(36)42)39-31(49)22(15-19-9-7-6-8-10-19)38-29(47)20(35)11-13-25(43)44/h6-10,17-18,20-23,27-28H,5,11-16,35H2,1-4H3,(H2,36,42)(H,37,50)(H,38,47)(H,39,49)(H,40,51)(H,41,48)(H,43,44)(H,45,46)(H,52,53)/t18-,20-,21-,22-,23-,27-,28-/m0/s1. The molecule has 0 aliphatic heterocycles. The summed E-state index contributed by atoms with van der Waals surface area (Å²) in [5.41, 5.74) is 11.7. The zero-order chi connectivity index (χ0) is 40.4. The fourth-order valence-corrected chi connectivity index (χ4v) is 4.95. The maximum absolute atomic E-state index is 13.6. The van der Waals surface area contributed by atoms with E-state index in [4.69, 9.17) is 16.6 Å². The van der Waals surface area contributed by atoms with Crippen molar-refractivity contribution in [2.75, 3.05) is 0 Å². The summed E-state index contributed by atoms with van der Waals surface area (Å²) in [4.78, 5) is 113. The summed E-state index contributed by atoms with van der Waals surface area (Å²) >= 11 is 0. The molecule has 12 N–H and O–H groups in total. The molecule has 0 heterocycles. The Morgan fingerprint density at radius 3 is 1.64 bits per heavy atom. The molecule has 19 heteroatoms. The molecule has 0 fully saturated rings. The van der Waals surface area contributed by atoms with E-state index < -0.39 is 127 Å². The number of hydrogen-bond acceptors (Lipinski definition) is 10. The zero-order valence-electron chi connectivity index (χ0n) is 30.1. The van der Waals surface area contributed by atoms with Crippen molar-refractivity contribution in [3.8, 4) is 0 Å². The molecule has 0 aliphatic rings. The molecule has 1 aromatic rings. The summed E-state index contributed by atoms with van der Waals surface area (Å²) in [6.45, 7) is 6.47. The first kappa shape index (κ1) is 45.4. The predicted molar refractivity (Wildman–Crippen MR) is 187 cm³/mol. The second-order valence-electron chi connectivity index (χ2n) is 13.0. The number of amides is 6. The number of aliphatic carboxylic acids is 3. The fraction of sp³-hybridized carbons (Fsp3) is 0.559. The molecule has 0 saturated heterocycles. The number of rotatable bonds is 24. The van der Waals surface area contributed by atoms with Crippen molar-refractivity contribution >= 4 is 53.4 Å². The van der Waals surface area contributed by atoms with Crippen LogP contribution in [0.3, 0.4) is 0 Å². The Bertz CT molecular complexity index is 1470. The Morgan fingerprint density at radius 2 is 1.13 bits per heavy atom. The van der Waals surface area contributed by atoms with Crippen LogP contribution in [0.15, 0.2) is 30.3 Å². The highest BCUT2D eigenvalue weighted by molar-refractivity contribution is 5.98. The van der Waals surface area contributed by atoms with Crippen molar-refractivity contribution < 1.29 is 58.5 Å². The Labute approximate surface area is 306 Å². The second kappa shape index (κ2) is 22.4. The molecular formula is C34H51N7O12. The van der Waals surface area contributed by atoms with E-state index in [2.05, 4.69) is 26.6 Å². The third-order valence-electron chi connectivity index (χ3n) is 8.26. The first-order chi connectivity index (χ1) is 24.8. The minimum absolute atomic E-state index is 0.128. The van der Waals surface area contributed by atoms with Crippen molar-refractivity contribution in [3.63, 3.8) is 0 Å².